The average Bonchev–Trinajstić information content (AvgIpc) is 2.42. The molecule has 1 N–H and O–H groups in total. The van der Waals surface area contributed by atoms with E-state index < -0.39 is 5.97 Å². The molecular weight excluding hydrogens is 244 g/mol. The lowest BCUT2D eigenvalue weighted by Gasteiger charge is -2.06. The summed E-state index contributed by atoms with van der Waals surface area (Å²) in [6.07, 6.45) is 0. The van der Waals surface area contributed by atoms with Gasteiger partial charge >= 0.3 is 5.97 Å². The monoisotopic (exact) mass is 258 g/mol. The number of aromatic hydroxyl groups is 1. The Kier molecular flexibility index (Phi) is 4.03. The van der Waals surface area contributed by atoms with Gasteiger partial charge in [-0.05, 0) is 55.5 Å². The van der Waals surface area contributed by atoms with Crippen LogP contribution in [0.3, 0.4) is 0 Å². The number of ether oxygens (including phenoxy) is 2. The highest BCUT2D eigenvalue weighted by Crippen LogP contribution is 2.19. The lowest BCUT2D eigenvalue weighted by atomic mass is 10.2. The molecule has 0 saturated heterocycles. The highest BCUT2D eigenvalue weighted by atomic mass is 16.5. The van der Waals surface area contributed by atoms with Gasteiger partial charge in [-0.3, -0.25) is 0 Å². The van der Waals surface area contributed by atoms with Gasteiger partial charge < -0.3 is 14.6 Å². The summed E-state index contributed by atoms with van der Waals surface area (Å²) in [4.78, 5) is 11.8. The molecule has 4 heteroatoms. The molecule has 19 heavy (non-hydrogen) atoms. The molecular formula is C15H14O4. The van der Waals surface area contributed by atoms with E-state index in [2.05, 4.69) is 0 Å². The van der Waals surface area contributed by atoms with Crippen LogP contribution in [0, 0.1) is 0 Å². The number of rotatable bonds is 4. The zero-order valence-electron chi connectivity index (χ0n) is 10.5. The highest BCUT2D eigenvalue weighted by Gasteiger charge is 2.08. The van der Waals surface area contributed by atoms with Gasteiger partial charge in [0.05, 0.1) is 12.2 Å². The second kappa shape index (κ2) is 5.91. The lowest BCUT2D eigenvalue weighted by Crippen LogP contribution is -2.08. The second-order valence-electron chi connectivity index (χ2n) is 3.84. The van der Waals surface area contributed by atoms with Crippen molar-refractivity contribution in [3.05, 3.63) is 54.1 Å². The average molecular weight is 258 g/mol. The Morgan fingerprint density at radius 2 is 1.58 bits per heavy atom. The van der Waals surface area contributed by atoms with Crippen LogP contribution in [0.4, 0.5) is 0 Å². The van der Waals surface area contributed by atoms with Crippen molar-refractivity contribution in [2.45, 2.75) is 6.92 Å². The highest BCUT2D eigenvalue weighted by molar-refractivity contribution is 5.91. The van der Waals surface area contributed by atoms with Crippen LogP contribution in [0.2, 0.25) is 0 Å². The summed E-state index contributed by atoms with van der Waals surface area (Å²) < 4.78 is 10.5. The molecule has 0 bridgehead atoms. The van der Waals surface area contributed by atoms with Crippen LogP contribution in [0.15, 0.2) is 48.5 Å². The number of phenols is 1. The number of benzene rings is 2. The summed E-state index contributed by atoms with van der Waals surface area (Å²) in [5.74, 6) is 0.815. The molecule has 0 heterocycles. The van der Waals surface area contributed by atoms with E-state index in [-0.39, 0.29) is 5.75 Å². The Bertz CT molecular complexity index is 543. The number of carbonyl (C=O) groups excluding carboxylic acids is 1. The number of esters is 1. The number of phenolic OH excluding ortho intramolecular Hbond substituents is 1. The van der Waals surface area contributed by atoms with Crippen molar-refractivity contribution < 1.29 is 19.4 Å². The predicted octanol–water partition coefficient (Wildman–Crippen LogP) is 3.01. The third kappa shape index (κ3) is 3.48. The first-order valence-corrected chi connectivity index (χ1v) is 5.93. The van der Waals surface area contributed by atoms with Gasteiger partial charge in [-0.25, -0.2) is 4.79 Å². The van der Waals surface area contributed by atoms with Crippen LogP contribution >= 0.6 is 0 Å². The Morgan fingerprint density at radius 1 is 1.00 bits per heavy atom. The molecule has 98 valence electrons. The minimum atomic E-state index is -0.468. The van der Waals surface area contributed by atoms with Gasteiger partial charge in [-0.2, -0.15) is 0 Å². The summed E-state index contributed by atoms with van der Waals surface area (Å²) in [5, 5.41) is 9.14. The van der Waals surface area contributed by atoms with Crippen molar-refractivity contribution in [3.8, 4) is 17.2 Å². The van der Waals surface area contributed by atoms with E-state index in [0.717, 1.165) is 5.75 Å². The summed E-state index contributed by atoms with van der Waals surface area (Å²) in [5.41, 5.74) is 0.381. The Morgan fingerprint density at radius 3 is 2.16 bits per heavy atom. The standard InChI is InChI=1S/C15H14O4/c1-2-18-13-7-9-14(10-8-13)19-15(17)11-3-5-12(16)6-4-11/h3-10,16H,2H2,1H3. The first kappa shape index (κ1) is 13.0. The lowest BCUT2D eigenvalue weighted by molar-refractivity contribution is 0.0734. The zero-order valence-corrected chi connectivity index (χ0v) is 10.5. The number of carbonyl (C=O) groups is 1. The van der Waals surface area contributed by atoms with Gasteiger partial charge in [0.25, 0.3) is 0 Å². The molecule has 0 aliphatic rings. The van der Waals surface area contributed by atoms with Crippen molar-refractivity contribution in [1.82, 2.24) is 0 Å². The first-order chi connectivity index (χ1) is 9.19. The second-order valence-corrected chi connectivity index (χ2v) is 3.84. The van der Waals surface area contributed by atoms with Gasteiger partial charge in [0.2, 0.25) is 0 Å². The molecule has 0 unspecified atom stereocenters. The predicted molar refractivity (Wildman–Crippen MR) is 70.7 cm³/mol. The molecule has 0 aromatic heterocycles. The van der Waals surface area contributed by atoms with Gasteiger partial charge in [-0.15, -0.1) is 0 Å². The molecule has 2 aromatic carbocycles. The summed E-state index contributed by atoms with van der Waals surface area (Å²) >= 11 is 0. The SMILES string of the molecule is CCOc1ccc(OC(=O)c2ccc(O)cc2)cc1. The van der Waals surface area contributed by atoms with Crippen molar-refractivity contribution in [2.24, 2.45) is 0 Å². The largest absolute Gasteiger partial charge is 0.508 e. The maximum Gasteiger partial charge on any atom is 0.343 e. The fraction of sp³-hybridized carbons (Fsp3) is 0.133. The van der Waals surface area contributed by atoms with Crippen LogP contribution in [0.25, 0.3) is 0 Å². The molecule has 2 aromatic rings. The van der Waals surface area contributed by atoms with Gasteiger partial charge in [0.15, 0.2) is 0 Å². The van der Waals surface area contributed by atoms with Crippen LogP contribution < -0.4 is 9.47 Å². The van der Waals surface area contributed by atoms with Gasteiger partial charge in [0.1, 0.15) is 17.2 Å². The zero-order chi connectivity index (χ0) is 13.7. The topological polar surface area (TPSA) is 55.8 Å². The van der Waals surface area contributed by atoms with E-state index in [1.54, 1.807) is 24.3 Å². The van der Waals surface area contributed by atoms with Crippen LogP contribution in [-0.2, 0) is 0 Å². The van der Waals surface area contributed by atoms with Crippen molar-refractivity contribution in [1.29, 1.82) is 0 Å². The minimum absolute atomic E-state index is 0.109. The van der Waals surface area contributed by atoms with Gasteiger partial charge in [-0.1, -0.05) is 0 Å². The van der Waals surface area contributed by atoms with Crippen LogP contribution in [-0.4, -0.2) is 17.7 Å². The van der Waals surface area contributed by atoms with E-state index in [0.29, 0.717) is 17.9 Å². The van der Waals surface area contributed by atoms with E-state index in [9.17, 15) is 4.79 Å². The Hall–Kier alpha value is -2.49. The van der Waals surface area contributed by atoms with E-state index in [1.165, 1.54) is 24.3 Å². The smallest absolute Gasteiger partial charge is 0.343 e. The molecule has 0 saturated carbocycles. The number of hydrogen-bond acceptors (Lipinski definition) is 4. The van der Waals surface area contributed by atoms with Crippen molar-refractivity contribution in [2.75, 3.05) is 6.61 Å². The molecule has 0 atom stereocenters. The molecule has 2 rings (SSSR count). The molecule has 0 spiro atoms. The molecule has 0 amide bonds. The fourth-order valence-corrected chi connectivity index (χ4v) is 1.53. The first-order valence-electron chi connectivity index (χ1n) is 5.93. The van der Waals surface area contributed by atoms with Crippen molar-refractivity contribution in [3.63, 3.8) is 0 Å². The quantitative estimate of drug-likeness (QED) is 0.676. The Labute approximate surface area is 111 Å². The van der Waals surface area contributed by atoms with Crippen LogP contribution in [0.5, 0.6) is 17.2 Å². The maximum absolute atomic E-state index is 11.8. The number of hydrogen-bond donors (Lipinski definition) is 1. The maximum atomic E-state index is 11.8. The molecule has 0 fully saturated rings. The molecule has 0 aliphatic heterocycles. The van der Waals surface area contributed by atoms with Crippen LogP contribution in [0.1, 0.15) is 17.3 Å². The van der Waals surface area contributed by atoms with E-state index in [1.807, 2.05) is 6.92 Å². The summed E-state index contributed by atoms with van der Waals surface area (Å²) in [6.45, 7) is 2.49. The fourth-order valence-electron chi connectivity index (χ4n) is 1.53. The normalized spacial score (nSPS) is 9.95. The molecule has 4 nitrogen and oxygen atoms in total. The third-order valence-electron chi connectivity index (χ3n) is 2.45. The van der Waals surface area contributed by atoms with Gasteiger partial charge in [0, 0.05) is 0 Å². The summed E-state index contributed by atoms with van der Waals surface area (Å²) in [7, 11) is 0. The third-order valence-corrected chi connectivity index (χ3v) is 2.45. The van der Waals surface area contributed by atoms with E-state index >= 15 is 0 Å². The summed E-state index contributed by atoms with van der Waals surface area (Å²) in [6, 6.07) is 12.7. The van der Waals surface area contributed by atoms with E-state index in [4.69, 9.17) is 14.6 Å². The van der Waals surface area contributed by atoms with Crippen molar-refractivity contribution >= 4 is 5.97 Å². The Balaban J connectivity index is 2.04. The minimum Gasteiger partial charge on any atom is -0.508 e. The molecule has 0 radical (unpaired) electrons. The molecule has 0 aliphatic carbocycles.